The van der Waals surface area contributed by atoms with Gasteiger partial charge in [0.25, 0.3) is 21.6 Å². The van der Waals surface area contributed by atoms with Gasteiger partial charge in [0.15, 0.2) is 18.0 Å². The number of carbonyl (C=O) groups excluding carboxylic acids is 1. The third-order valence-corrected chi connectivity index (χ3v) is 10.0. The van der Waals surface area contributed by atoms with Crippen molar-refractivity contribution in [1.29, 1.82) is 0 Å². The Labute approximate surface area is 297 Å². The highest BCUT2D eigenvalue weighted by molar-refractivity contribution is 7.85. The summed E-state index contributed by atoms with van der Waals surface area (Å²) in [6.07, 6.45) is 9.27. The standard InChI is InChI=1S/C36H35F2N7O6S/c1-52(49,50)51-17-3-4-23-7-9-24(10-8-23)25-5-2-6-29(18-25)44-33-30(19-26(37)20-39-33)35(47)45(36(44)48)28-13-11-27(12-14-28)40-34(46)31-21-42-22-43(38)16-15-32(42)41-31/h2,5-10,15-16,18-21,27-28H,3-4,11-14,17,22H2,1H3,(H,40,46)/p+1. The number of nitrogens with one attached hydrogen (secondary N) is 2. The Bertz CT molecular complexity index is 2370. The lowest BCUT2D eigenvalue weighted by atomic mass is 9.90. The molecule has 3 aliphatic rings. The molecule has 0 spiro atoms. The number of benzene rings is 2. The Morgan fingerprint density at radius 1 is 1.06 bits per heavy atom. The van der Waals surface area contributed by atoms with E-state index in [4.69, 9.17) is 4.18 Å². The molecule has 2 aromatic heterocycles. The van der Waals surface area contributed by atoms with Gasteiger partial charge in [-0.15, -0.1) is 0 Å². The second kappa shape index (κ2) is 14.4. The molecule has 270 valence electrons. The minimum atomic E-state index is -3.49. The van der Waals surface area contributed by atoms with Gasteiger partial charge in [0, 0.05) is 24.4 Å². The number of hydrogen-bond donors (Lipinski definition) is 2. The van der Waals surface area contributed by atoms with Crippen LogP contribution in [0.4, 0.5) is 8.87 Å². The molecule has 1 saturated carbocycles. The summed E-state index contributed by atoms with van der Waals surface area (Å²) in [5, 5.41) is 3.47. The van der Waals surface area contributed by atoms with E-state index in [1.54, 1.807) is 24.4 Å². The van der Waals surface area contributed by atoms with Gasteiger partial charge < -0.3 is 5.32 Å². The summed E-state index contributed by atoms with van der Waals surface area (Å²) in [6.45, 7) is 0.110. The first-order chi connectivity index (χ1) is 24.9. The van der Waals surface area contributed by atoms with Crippen LogP contribution in [0.3, 0.4) is 0 Å². The second-order valence-electron chi connectivity index (χ2n) is 13.1. The van der Waals surface area contributed by atoms with Crippen LogP contribution in [0.1, 0.15) is 43.7 Å². The van der Waals surface area contributed by atoms with Gasteiger partial charge in [-0.3, -0.25) is 18.3 Å². The summed E-state index contributed by atoms with van der Waals surface area (Å²) in [6, 6.07) is 15.3. The number of nitrogens with zero attached hydrogens (tertiary/aromatic N) is 5. The predicted molar refractivity (Wildman–Crippen MR) is 189 cm³/mol. The molecule has 7 rings (SSSR count). The monoisotopic (exact) mass is 732 g/mol. The number of amidine groups is 1. The number of aliphatic imine (C=N–C) groups is 1. The minimum Gasteiger partial charge on any atom is -0.348 e. The van der Waals surface area contributed by atoms with E-state index in [9.17, 15) is 31.7 Å². The molecule has 1 amide bonds. The third-order valence-electron chi connectivity index (χ3n) is 9.42. The summed E-state index contributed by atoms with van der Waals surface area (Å²) >= 11 is 0. The van der Waals surface area contributed by atoms with E-state index in [0.717, 1.165) is 35.2 Å². The van der Waals surface area contributed by atoms with E-state index >= 15 is 0 Å². The van der Waals surface area contributed by atoms with Crippen molar-refractivity contribution < 1.29 is 31.2 Å². The van der Waals surface area contributed by atoms with Gasteiger partial charge in [0.05, 0.1) is 30.1 Å². The van der Waals surface area contributed by atoms with Crippen LogP contribution in [0.15, 0.2) is 99.5 Å². The summed E-state index contributed by atoms with van der Waals surface area (Å²) in [5.41, 5.74) is 2.10. The van der Waals surface area contributed by atoms with Gasteiger partial charge in [-0.1, -0.05) is 40.9 Å². The molecular formula is C36H36F2N7O6S+. The molecule has 2 N–H and O–H groups in total. The Kier molecular flexibility index (Phi) is 9.69. The molecule has 52 heavy (non-hydrogen) atoms. The third kappa shape index (κ3) is 7.49. The highest BCUT2D eigenvalue weighted by Crippen LogP contribution is 2.29. The lowest BCUT2D eigenvalue weighted by Crippen LogP contribution is -3.11. The average Bonchev–Trinajstić information content (AvgIpc) is 3.55. The van der Waals surface area contributed by atoms with Crippen LogP contribution < -0.4 is 21.5 Å². The fourth-order valence-electron chi connectivity index (χ4n) is 6.88. The highest BCUT2D eigenvalue weighted by Gasteiger charge is 2.32. The summed E-state index contributed by atoms with van der Waals surface area (Å²) in [5.74, 6) is -0.532. The van der Waals surface area contributed by atoms with Crippen molar-refractivity contribution in [1.82, 2.24) is 24.6 Å². The zero-order valence-electron chi connectivity index (χ0n) is 28.2. The maximum absolute atomic E-state index is 14.5. The van der Waals surface area contributed by atoms with Crippen LogP contribution in [-0.2, 0) is 25.5 Å². The Balaban J connectivity index is 1.11. The fourth-order valence-corrected chi connectivity index (χ4v) is 7.30. The molecule has 16 heteroatoms. The SMILES string of the molecule is CS(=O)(=O)OCCCc1ccc(-c2cccc(-n3c(=O)n(C4CCC(NC(=O)C5=C[NH+]6CN(F)C=CC6=N5)CC4)c(=O)c4cc(F)cnc43)c2)cc1. The average molecular weight is 733 g/mol. The lowest BCUT2D eigenvalue weighted by molar-refractivity contribution is -0.763. The summed E-state index contributed by atoms with van der Waals surface area (Å²) < 4.78 is 57.9. The van der Waals surface area contributed by atoms with Crippen LogP contribution in [-0.4, -0.2) is 65.0 Å². The molecular weight excluding hydrogens is 697 g/mol. The van der Waals surface area contributed by atoms with Crippen LogP contribution in [0.25, 0.3) is 27.8 Å². The molecule has 4 heterocycles. The van der Waals surface area contributed by atoms with E-state index in [1.807, 2.05) is 30.3 Å². The zero-order valence-corrected chi connectivity index (χ0v) is 29.0. The number of amides is 1. The van der Waals surface area contributed by atoms with Crippen molar-refractivity contribution in [3.63, 3.8) is 0 Å². The number of carbonyl (C=O) groups is 1. The highest BCUT2D eigenvalue weighted by atomic mass is 32.2. The first kappa shape index (κ1) is 35.1. The number of halogens is 2. The van der Waals surface area contributed by atoms with Gasteiger partial charge in [0.2, 0.25) is 5.84 Å². The van der Waals surface area contributed by atoms with Crippen molar-refractivity contribution in [2.45, 2.75) is 50.6 Å². The van der Waals surface area contributed by atoms with Gasteiger partial charge in [0.1, 0.15) is 12.0 Å². The Morgan fingerprint density at radius 3 is 2.58 bits per heavy atom. The van der Waals surface area contributed by atoms with Gasteiger partial charge in [-0.2, -0.15) is 18.5 Å². The normalized spacial score (nSPS) is 20.1. The number of hydrogen-bond acceptors (Lipinski definition) is 9. The Morgan fingerprint density at radius 2 is 1.83 bits per heavy atom. The van der Waals surface area contributed by atoms with E-state index < -0.39 is 33.2 Å². The minimum absolute atomic E-state index is 0.0142. The van der Waals surface area contributed by atoms with Crippen molar-refractivity contribution in [2.75, 3.05) is 19.5 Å². The van der Waals surface area contributed by atoms with Crippen molar-refractivity contribution in [3.05, 3.63) is 117 Å². The van der Waals surface area contributed by atoms with Crippen molar-refractivity contribution in [2.24, 2.45) is 4.99 Å². The molecule has 1 unspecified atom stereocenters. The molecule has 0 bridgehead atoms. The van der Waals surface area contributed by atoms with Gasteiger partial charge in [-0.05, 0) is 73.4 Å². The molecule has 2 aromatic carbocycles. The van der Waals surface area contributed by atoms with E-state index in [2.05, 4.69) is 15.3 Å². The van der Waals surface area contributed by atoms with E-state index in [0.29, 0.717) is 60.1 Å². The van der Waals surface area contributed by atoms with Crippen LogP contribution in [0.2, 0.25) is 0 Å². The van der Waals surface area contributed by atoms with Crippen LogP contribution in [0, 0.1) is 5.82 Å². The first-order valence-corrected chi connectivity index (χ1v) is 18.7. The van der Waals surface area contributed by atoms with Gasteiger partial charge >= 0.3 is 5.69 Å². The Hall–Kier alpha value is -5.32. The smallest absolute Gasteiger partial charge is 0.337 e. The lowest BCUT2D eigenvalue weighted by Gasteiger charge is -2.30. The second-order valence-corrected chi connectivity index (χ2v) is 14.7. The first-order valence-electron chi connectivity index (χ1n) is 16.9. The van der Waals surface area contributed by atoms with Crippen molar-refractivity contribution in [3.8, 4) is 16.8 Å². The number of fused-ring (bicyclic) bond motifs is 2. The summed E-state index contributed by atoms with van der Waals surface area (Å²) in [4.78, 5) is 50.2. The number of aryl methyl sites for hydroxylation is 1. The van der Waals surface area contributed by atoms with E-state index in [1.165, 1.54) is 21.4 Å². The van der Waals surface area contributed by atoms with E-state index in [-0.39, 0.29) is 42.0 Å². The summed E-state index contributed by atoms with van der Waals surface area (Å²) in [7, 11) is -3.49. The van der Waals surface area contributed by atoms with Crippen molar-refractivity contribution >= 4 is 32.9 Å². The van der Waals surface area contributed by atoms with Crippen LogP contribution >= 0.6 is 0 Å². The zero-order chi connectivity index (χ0) is 36.6. The number of quaternary nitrogens is 1. The molecule has 0 saturated heterocycles. The number of aromatic nitrogens is 3. The van der Waals surface area contributed by atoms with Crippen LogP contribution in [0.5, 0.6) is 0 Å². The number of rotatable bonds is 10. The molecule has 0 radical (unpaired) electrons. The molecule has 13 nitrogen and oxygen atoms in total. The largest absolute Gasteiger partial charge is 0.348 e. The quantitative estimate of drug-likeness (QED) is 0.144. The maximum Gasteiger partial charge on any atom is 0.337 e. The molecule has 1 fully saturated rings. The molecule has 2 aliphatic heterocycles. The molecule has 4 aromatic rings. The molecule has 1 atom stereocenters. The maximum atomic E-state index is 14.5. The number of pyridine rings is 1. The van der Waals surface area contributed by atoms with Gasteiger partial charge in [-0.25, -0.2) is 23.6 Å². The predicted octanol–water partition coefficient (Wildman–Crippen LogP) is 2.67. The topological polar surface area (TPSA) is 149 Å². The fraction of sp³-hybridized carbons (Fsp3) is 0.306. The molecule has 1 aliphatic carbocycles.